The van der Waals surface area contributed by atoms with Crippen LogP contribution in [-0.4, -0.2) is 38.2 Å². The third kappa shape index (κ3) is 4.22. The molecule has 2 rings (SSSR count). The molecular weight excluding hydrogens is 300 g/mol. The first kappa shape index (κ1) is 16.8. The van der Waals surface area contributed by atoms with Crippen LogP contribution in [0, 0.1) is 11.8 Å². The summed E-state index contributed by atoms with van der Waals surface area (Å²) >= 11 is 0. The highest BCUT2D eigenvalue weighted by Crippen LogP contribution is 2.38. The van der Waals surface area contributed by atoms with Gasteiger partial charge in [0, 0.05) is 24.5 Å². The number of benzene rings is 1. The van der Waals surface area contributed by atoms with Crippen molar-refractivity contribution in [2.75, 3.05) is 18.1 Å². The largest absolute Gasteiger partial charge is 0.322 e. The summed E-state index contributed by atoms with van der Waals surface area (Å²) in [5.74, 6) is 1.30. The molecule has 5 nitrogen and oxygen atoms in total. The molecule has 0 radical (unpaired) electrons. The number of urea groups is 1. The molecule has 0 heterocycles. The van der Waals surface area contributed by atoms with Gasteiger partial charge >= 0.3 is 6.03 Å². The summed E-state index contributed by atoms with van der Waals surface area (Å²) in [7, 11) is -3.21. The maximum absolute atomic E-state index is 12.4. The molecule has 0 bridgehead atoms. The molecule has 1 aromatic carbocycles. The number of sulfone groups is 1. The van der Waals surface area contributed by atoms with E-state index in [0.717, 1.165) is 12.8 Å². The molecule has 0 aliphatic heterocycles. The van der Waals surface area contributed by atoms with Crippen molar-refractivity contribution in [2.24, 2.45) is 11.8 Å². The second kappa shape index (κ2) is 6.28. The van der Waals surface area contributed by atoms with Gasteiger partial charge in [-0.1, -0.05) is 6.92 Å². The lowest BCUT2D eigenvalue weighted by Gasteiger charge is -2.27. The van der Waals surface area contributed by atoms with E-state index < -0.39 is 9.84 Å². The lowest BCUT2D eigenvalue weighted by Crippen LogP contribution is -2.41. The molecule has 6 heteroatoms. The first-order valence-electron chi connectivity index (χ1n) is 7.56. The van der Waals surface area contributed by atoms with Gasteiger partial charge in [-0.25, -0.2) is 13.2 Å². The lowest BCUT2D eigenvalue weighted by atomic mass is 10.2. The van der Waals surface area contributed by atoms with Crippen LogP contribution in [0.5, 0.6) is 0 Å². The fraction of sp³-hybridized carbons (Fsp3) is 0.562. The molecule has 0 spiro atoms. The van der Waals surface area contributed by atoms with Gasteiger partial charge in [-0.15, -0.1) is 0 Å². The van der Waals surface area contributed by atoms with Gasteiger partial charge < -0.3 is 10.2 Å². The number of carbonyl (C=O) groups excluding carboxylic acids is 1. The van der Waals surface area contributed by atoms with Crippen molar-refractivity contribution in [1.82, 2.24) is 4.90 Å². The molecule has 0 saturated heterocycles. The van der Waals surface area contributed by atoms with Crippen LogP contribution in [0.1, 0.15) is 27.2 Å². The molecule has 22 heavy (non-hydrogen) atoms. The van der Waals surface area contributed by atoms with E-state index in [9.17, 15) is 13.2 Å². The van der Waals surface area contributed by atoms with Crippen molar-refractivity contribution >= 4 is 21.6 Å². The van der Waals surface area contributed by atoms with Crippen molar-refractivity contribution in [1.29, 1.82) is 0 Å². The van der Waals surface area contributed by atoms with E-state index in [2.05, 4.69) is 12.2 Å². The van der Waals surface area contributed by atoms with E-state index in [0.29, 0.717) is 17.5 Å². The van der Waals surface area contributed by atoms with Crippen LogP contribution in [-0.2, 0) is 9.84 Å². The Bertz CT molecular complexity index is 638. The fourth-order valence-electron chi connectivity index (χ4n) is 2.42. The fourth-order valence-corrected chi connectivity index (χ4v) is 3.05. The molecule has 0 aromatic heterocycles. The Morgan fingerprint density at radius 1 is 1.32 bits per heavy atom. The Kier molecular flexibility index (Phi) is 4.80. The molecule has 1 aliphatic rings. The summed E-state index contributed by atoms with van der Waals surface area (Å²) in [6.45, 7) is 6.97. The monoisotopic (exact) mass is 324 g/mol. The van der Waals surface area contributed by atoms with Gasteiger partial charge in [0.15, 0.2) is 9.84 Å². The van der Waals surface area contributed by atoms with Crippen molar-refractivity contribution in [3.63, 3.8) is 0 Å². The topological polar surface area (TPSA) is 66.5 Å². The van der Waals surface area contributed by atoms with Gasteiger partial charge in [0.25, 0.3) is 0 Å². The zero-order valence-electron chi connectivity index (χ0n) is 13.5. The zero-order chi connectivity index (χ0) is 16.5. The van der Waals surface area contributed by atoms with Crippen molar-refractivity contribution in [3.8, 4) is 0 Å². The van der Waals surface area contributed by atoms with Crippen LogP contribution in [0.25, 0.3) is 0 Å². The maximum Gasteiger partial charge on any atom is 0.322 e. The molecule has 1 aliphatic carbocycles. The van der Waals surface area contributed by atoms with E-state index in [1.165, 1.54) is 18.6 Å². The molecule has 1 fully saturated rings. The van der Waals surface area contributed by atoms with E-state index in [4.69, 9.17) is 0 Å². The molecule has 122 valence electrons. The average Bonchev–Trinajstić information content (AvgIpc) is 3.10. The lowest BCUT2D eigenvalue weighted by molar-refractivity contribution is 0.193. The van der Waals surface area contributed by atoms with Crippen LogP contribution in [0.15, 0.2) is 29.2 Å². The average molecular weight is 324 g/mol. The highest BCUT2D eigenvalue weighted by molar-refractivity contribution is 7.90. The molecule has 1 N–H and O–H groups in total. The van der Waals surface area contributed by atoms with E-state index in [-0.39, 0.29) is 17.0 Å². The first-order valence-corrected chi connectivity index (χ1v) is 9.45. The predicted octanol–water partition coefficient (Wildman–Crippen LogP) is 2.99. The molecule has 2 unspecified atom stereocenters. The molecule has 2 atom stereocenters. The van der Waals surface area contributed by atoms with Crippen LogP contribution in [0.4, 0.5) is 10.5 Å². The second-order valence-corrected chi connectivity index (χ2v) is 8.46. The number of nitrogens with zero attached hydrogens (tertiary/aromatic N) is 1. The quantitative estimate of drug-likeness (QED) is 0.905. The highest BCUT2D eigenvalue weighted by atomic mass is 32.2. The molecule has 1 aromatic rings. The number of carbonyl (C=O) groups is 1. The number of anilines is 1. The van der Waals surface area contributed by atoms with Gasteiger partial charge in [-0.2, -0.15) is 0 Å². The van der Waals surface area contributed by atoms with Crippen molar-refractivity contribution in [2.45, 2.75) is 38.1 Å². The summed E-state index contributed by atoms with van der Waals surface area (Å²) in [6, 6.07) is 6.24. The molecule has 2 amide bonds. The van der Waals surface area contributed by atoms with Gasteiger partial charge in [0.05, 0.1) is 4.90 Å². The maximum atomic E-state index is 12.4. The first-order chi connectivity index (χ1) is 10.2. The van der Waals surface area contributed by atoms with Gasteiger partial charge in [0.1, 0.15) is 0 Å². The smallest absolute Gasteiger partial charge is 0.322 e. The summed E-state index contributed by atoms with van der Waals surface area (Å²) in [6.07, 6.45) is 2.34. The standard InChI is InChI=1S/C16H24N2O3S/c1-11(2)18(10-13-9-12(13)3)16(19)17-14-5-7-15(8-6-14)22(4,20)21/h5-8,11-13H,9-10H2,1-4H3,(H,17,19). The Morgan fingerprint density at radius 3 is 2.27 bits per heavy atom. The zero-order valence-corrected chi connectivity index (χ0v) is 14.4. The Balaban J connectivity index is 2.03. The number of hydrogen-bond acceptors (Lipinski definition) is 3. The third-order valence-electron chi connectivity index (χ3n) is 4.13. The van der Waals surface area contributed by atoms with E-state index >= 15 is 0 Å². The molecule has 1 saturated carbocycles. The minimum Gasteiger partial charge on any atom is -0.322 e. The van der Waals surface area contributed by atoms with Crippen LogP contribution in [0.3, 0.4) is 0 Å². The van der Waals surface area contributed by atoms with Crippen molar-refractivity contribution in [3.05, 3.63) is 24.3 Å². The highest BCUT2D eigenvalue weighted by Gasteiger charge is 2.35. The Hall–Kier alpha value is -1.56. The number of hydrogen-bond donors (Lipinski definition) is 1. The third-order valence-corrected chi connectivity index (χ3v) is 5.25. The van der Waals surface area contributed by atoms with Gasteiger partial charge in [-0.05, 0) is 56.4 Å². The predicted molar refractivity (Wildman–Crippen MR) is 87.7 cm³/mol. The summed E-state index contributed by atoms with van der Waals surface area (Å²) < 4.78 is 22.9. The minimum atomic E-state index is -3.21. The minimum absolute atomic E-state index is 0.128. The Labute approximate surface area is 132 Å². The SMILES string of the molecule is CC1CC1CN(C(=O)Nc1ccc(S(C)(=O)=O)cc1)C(C)C. The number of nitrogens with one attached hydrogen (secondary N) is 1. The number of rotatable bonds is 5. The number of amides is 2. The van der Waals surface area contributed by atoms with Crippen LogP contribution < -0.4 is 5.32 Å². The second-order valence-electron chi connectivity index (χ2n) is 6.45. The summed E-state index contributed by atoms with van der Waals surface area (Å²) in [4.78, 5) is 14.5. The van der Waals surface area contributed by atoms with E-state index in [1.807, 2.05) is 18.7 Å². The van der Waals surface area contributed by atoms with Crippen LogP contribution in [0.2, 0.25) is 0 Å². The molecular formula is C16H24N2O3S. The van der Waals surface area contributed by atoms with E-state index in [1.54, 1.807) is 12.1 Å². The van der Waals surface area contributed by atoms with Gasteiger partial charge in [0.2, 0.25) is 0 Å². The van der Waals surface area contributed by atoms with Crippen molar-refractivity contribution < 1.29 is 13.2 Å². The normalized spacial score (nSPS) is 20.8. The summed E-state index contributed by atoms with van der Waals surface area (Å²) in [5, 5.41) is 2.84. The van der Waals surface area contributed by atoms with Gasteiger partial charge in [-0.3, -0.25) is 0 Å². The Morgan fingerprint density at radius 2 is 1.86 bits per heavy atom. The summed E-state index contributed by atoms with van der Waals surface area (Å²) in [5.41, 5.74) is 0.604. The van der Waals surface area contributed by atoms with Crippen LogP contribution >= 0.6 is 0 Å².